The van der Waals surface area contributed by atoms with Gasteiger partial charge in [-0.1, -0.05) is 11.8 Å². The molecule has 8 nitrogen and oxygen atoms in total. The summed E-state index contributed by atoms with van der Waals surface area (Å²) in [5, 5.41) is 2.76. The highest BCUT2D eigenvalue weighted by Crippen LogP contribution is 2.68. The largest absolute Gasteiger partial charge is 0.482 e. The number of pyridine rings is 2. The molecule has 3 N–H and O–H groups in total. The first-order chi connectivity index (χ1) is 18.6. The van der Waals surface area contributed by atoms with Gasteiger partial charge in [-0.3, -0.25) is 4.99 Å². The highest BCUT2D eigenvalue weighted by molar-refractivity contribution is 8.15. The Balaban J connectivity index is 1.34. The number of alkyl halides is 2. The number of aromatic nitrogens is 3. The van der Waals surface area contributed by atoms with Crippen molar-refractivity contribution in [1.82, 2.24) is 15.0 Å². The zero-order valence-electron chi connectivity index (χ0n) is 20.1. The van der Waals surface area contributed by atoms with Crippen molar-refractivity contribution in [2.75, 3.05) is 5.32 Å². The van der Waals surface area contributed by atoms with Gasteiger partial charge >= 0.3 is 0 Å². The Morgan fingerprint density at radius 1 is 1.15 bits per heavy atom. The van der Waals surface area contributed by atoms with Gasteiger partial charge in [-0.05, 0) is 25.5 Å². The van der Waals surface area contributed by atoms with E-state index in [0.717, 1.165) is 24.0 Å². The molecule has 0 unspecified atom stereocenters. The molecular weight excluding hydrogens is 543 g/mol. The Morgan fingerprint density at radius 3 is 2.72 bits per heavy atom. The molecule has 3 aromatic heterocycles. The summed E-state index contributed by atoms with van der Waals surface area (Å²) in [5.74, 6) is -3.30. The fourth-order valence-corrected chi connectivity index (χ4v) is 6.32. The van der Waals surface area contributed by atoms with Gasteiger partial charge in [-0.15, -0.1) is 0 Å². The Labute approximate surface area is 221 Å². The zero-order valence-corrected chi connectivity index (χ0v) is 20.9. The lowest BCUT2D eigenvalue weighted by molar-refractivity contribution is 0.123. The molecule has 0 amide bonds. The van der Waals surface area contributed by atoms with E-state index in [1.165, 1.54) is 37.7 Å². The number of nitrogens with one attached hydrogen (secondary N) is 1. The molecule has 1 fully saturated rings. The summed E-state index contributed by atoms with van der Waals surface area (Å²) in [6.07, 6.45) is 2.45. The van der Waals surface area contributed by atoms with Gasteiger partial charge in [-0.2, -0.15) is 0 Å². The highest BCUT2D eigenvalue weighted by Gasteiger charge is 2.71. The van der Waals surface area contributed by atoms with Crippen LogP contribution in [0, 0.1) is 23.4 Å². The van der Waals surface area contributed by atoms with Crippen LogP contribution in [0.25, 0.3) is 10.9 Å². The molecule has 1 aromatic carbocycles. The monoisotopic (exact) mass is 562 g/mol. The van der Waals surface area contributed by atoms with Gasteiger partial charge in [0.1, 0.15) is 17.5 Å². The molecule has 1 aliphatic carbocycles. The maximum atomic E-state index is 15.1. The van der Waals surface area contributed by atoms with Crippen molar-refractivity contribution in [3.8, 4) is 5.75 Å². The van der Waals surface area contributed by atoms with Crippen LogP contribution >= 0.6 is 11.8 Å². The summed E-state index contributed by atoms with van der Waals surface area (Å²) in [5.41, 5.74) is 4.21. The summed E-state index contributed by atoms with van der Waals surface area (Å²) in [6.45, 7) is 1.45. The van der Waals surface area contributed by atoms with E-state index in [1.54, 1.807) is 0 Å². The van der Waals surface area contributed by atoms with E-state index in [-0.39, 0.29) is 51.9 Å². The average molecular weight is 563 g/mol. The number of hydrogen-bond acceptors (Lipinski definition) is 9. The fourth-order valence-electron chi connectivity index (χ4n) is 4.98. The molecule has 4 aromatic rings. The van der Waals surface area contributed by atoms with Gasteiger partial charge in [0.15, 0.2) is 35.0 Å². The molecule has 3 atom stereocenters. The molecule has 1 saturated carbocycles. The average Bonchev–Trinajstić information content (AvgIpc) is 3.43. The first-order valence-electron chi connectivity index (χ1n) is 11.6. The minimum Gasteiger partial charge on any atom is -0.482 e. The standard InChI is InChI=1S/C25H19F5N6O2S/c1-24(17-7-25(17,22(29)30)39-23(31)36-24)14-4-11(5-15(26)19(14)28)35-21-20-13(16(27)9-34-21)6-12(8-33-20)38-10-18-32-2-3-37-18/h2-6,8-9,17,22H,7,10H2,1H3,(H2,31,36)(H,34,35)/t17-,24+,25-/m0/s1. The minimum absolute atomic E-state index is 0.00621. The summed E-state index contributed by atoms with van der Waals surface area (Å²) in [4.78, 5) is 16.5. The van der Waals surface area contributed by atoms with Crippen LogP contribution in [0.3, 0.4) is 0 Å². The first-order valence-corrected chi connectivity index (χ1v) is 12.5. The topological polar surface area (TPSA) is 111 Å². The number of oxazole rings is 1. The second kappa shape index (κ2) is 9.07. The Morgan fingerprint density at radius 2 is 1.97 bits per heavy atom. The molecule has 39 heavy (non-hydrogen) atoms. The molecule has 14 heteroatoms. The lowest BCUT2D eigenvalue weighted by atomic mass is 9.85. The number of hydrogen-bond donors (Lipinski definition) is 2. The Hall–Kier alpha value is -3.94. The quantitative estimate of drug-likeness (QED) is 0.278. The third-order valence-corrected chi connectivity index (χ3v) is 8.28. The summed E-state index contributed by atoms with van der Waals surface area (Å²) < 4.78 is 81.5. The van der Waals surface area contributed by atoms with Crippen LogP contribution in [-0.2, 0) is 12.1 Å². The SMILES string of the molecule is C[C@]1(c2cc(Nc3ncc(F)c4cc(OCc5ncco5)cnc34)cc(F)c2F)N=C(N)S[C@@]2(C(F)F)C[C@@H]12. The van der Waals surface area contributed by atoms with E-state index in [1.807, 2.05) is 0 Å². The number of halogens is 5. The van der Waals surface area contributed by atoms with Crippen LogP contribution in [0.2, 0.25) is 0 Å². The van der Waals surface area contributed by atoms with Crippen molar-refractivity contribution in [3.05, 3.63) is 72.0 Å². The zero-order chi connectivity index (χ0) is 27.5. The number of fused-ring (bicyclic) bond motifs is 2. The van der Waals surface area contributed by atoms with Crippen molar-refractivity contribution < 1.29 is 31.1 Å². The number of nitrogens with two attached hydrogens (primary N) is 1. The number of rotatable bonds is 7. The Kier molecular flexibility index (Phi) is 5.90. The molecule has 202 valence electrons. The number of thioether (sulfide) groups is 1. The summed E-state index contributed by atoms with van der Waals surface area (Å²) in [6, 6.07) is 3.55. The Bertz CT molecular complexity index is 1620. The minimum atomic E-state index is -2.72. The molecule has 0 spiro atoms. The van der Waals surface area contributed by atoms with Crippen molar-refractivity contribution in [2.45, 2.75) is 36.7 Å². The second-order valence-electron chi connectivity index (χ2n) is 9.39. The third kappa shape index (κ3) is 4.22. The molecule has 6 rings (SSSR count). The maximum Gasteiger partial charge on any atom is 0.253 e. The number of nitrogens with zero attached hydrogens (tertiary/aromatic N) is 4. The van der Waals surface area contributed by atoms with E-state index < -0.39 is 40.1 Å². The first kappa shape index (κ1) is 25.3. The van der Waals surface area contributed by atoms with E-state index >= 15 is 4.39 Å². The smallest absolute Gasteiger partial charge is 0.253 e. The lowest BCUT2D eigenvalue weighted by Gasteiger charge is -2.34. The van der Waals surface area contributed by atoms with Gasteiger partial charge in [0.25, 0.3) is 6.43 Å². The van der Waals surface area contributed by atoms with Gasteiger partial charge in [0.2, 0.25) is 5.89 Å². The number of anilines is 2. The fraction of sp³-hybridized carbons (Fsp3) is 0.280. The summed E-state index contributed by atoms with van der Waals surface area (Å²) in [7, 11) is 0. The van der Waals surface area contributed by atoms with Crippen molar-refractivity contribution in [3.63, 3.8) is 0 Å². The van der Waals surface area contributed by atoms with E-state index in [4.69, 9.17) is 14.9 Å². The van der Waals surface area contributed by atoms with Crippen molar-refractivity contribution >= 4 is 39.3 Å². The van der Waals surface area contributed by atoms with Crippen LogP contribution in [0.4, 0.5) is 33.5 Å². The summed E-state index contributed by atoms with van der Waals surface area (Å²) >= 11 is 0.764. The van der Waals surface area contributed by atoms with Gasteiger partial charge in [-0.25, -0.2) is 36.9 Å². The molecule has 2 aliphatic rings. The predicted octanol–water partition coefficient (Wildman–Crippen LogP) is 5.66. The van der Waals surface area contributed by atoms with Crippen molar-refractivity contribution in [2.24, 2.45) is 16.6 Å². The normalized spacial score (nSPS) is 24.0. The van der Waals surface area contributed by atoms with Crippen LogP contribution in [0.1, 0.15) is 24.8 Å². The third-order valence-electron chi connectivity index (χ3n) is 6.97. The molecule has 1 aliphatic heterocycles. The highest BCUT2D eigenvalue weighted by atomic mass is 32.2. The predicted molar refractivity (Wildman–Crippen MR) is 133 cm³/mol. The number of ether oxygens (including phenoxy) is 1. The van der Waals surface area contributed by atoms with Gasteiger partial charge in [0.05, 0.1) is 28.9 Å². The maximum absolute atomic E-state index is 15.1. The molecule has 4 heterocycles. The second-order valence-corrected chi connectivity index (χ2v) is 10.8. The molecule has 0 bridgehead atoms. The lowest BCUT2D eigenvalue weighted by Crippen LogP contribution is -2.39. The van der Waals surface area contributed by atoms with Crippen LogP contribution < -0.4 is 15.8 Å². The number of amidine groups is 1. The van der Waals surface area contributed by atoms with Crippen LogP contribution in [-0.4, -0.2) is 31.3 Å². The van der Waals surface area contributed by atoms with E-state index in [0.29, 0.717) is 5.89 Å². The number of aliphatic imine (C=N–C) groups is 1. The van der Waals surface area contributed by atoms with Crippen molar-refractivity contribution in [1.29, 1.82) is 0 Å². The van der Waals surface area contributed by atoms with Crippen LogP contribution in [0.15, 0.2) is 52.5 Å². The molecule has 0 saturated heterocycles. The van der Waals surface area contributed by atoms with E-state index in [2.05, 4.69) is 25.3 Å². The van der Waals surface area contributed by atoms with Gasteiger partial charge < -0.3 is 20.2 Å². The van der Waals surface area contributed by atoms with Crippen LogP contribution in [0.5, 0.6) is 5.75 Å². The van der Waals surface area contributed by atoms with E-state index in [9.17, 15) is 17.6 Å². The molecular formula is C25H19F5N6O2S. The molecule has 0 radical (unpaired) electrons. The number of benzene rings is 1. The van der Waals surface area contributed by atoms with Gasteiger partial charge in [0, 0.05) is 28.6 Å².